The van der Waals surface area contributed by atoms with Gasteiger partial charge >= 0.3 is 0 Å². The highest BCUT2D eigenvalue weighted by atomic mass is 19.2. The van der Waals surface area contributed by atoms with Crippen LogP contribution in [0.4, 0.5) is 14.5 Å². The topological polar surface area (TPSA) is 58.4 Å². The van der Waals surface area contributed by atoms with E-state index in [9.17, 15) is 13.6 Å². The number of hydrogen-bond acceptors (Lipinski definition) is 3. The van der Waals surface area contributed by atoms with Crippen molar-refractivity contribution in [3.8, 4) is 0 Å². The summed E-state index contributed by atoms with van der Waals surface area (Å²) >= 11 is 0. The van der Waals surface area contributed by atoms with E-state index in [2.05, 4.69) is 10.2 Å². The Morgan fingerprint density at radius 3 is 2.79 bits per heavy atom. The molecule has 1 heterocycles. The van der Waals surface area contributed by atoms with Gasteiger partial charge in [-0.25, -0.2) is 8.78 Å². The van der Waals surface area contributed by atoms with Gasteiger partial charge in [-0.15, -0.1) is 0 Å². The minimum absolute atomic E-state index is 0.0127. The molecule has 6 heteroatoms. The number of carbonyl (C=O) groups is 1. The Kier molecular flexibility index (Phi) is 3.99. The van der Waals surface area contributed by atoms with Gasteiger partial charge < -0.3 is 16.0 Å². The van der Waals surface area contributed by atoms with Crippen LogP contribution in [0, 0.1) is 11.6 Å². The van der Waals surface area contributed by atoms with Crippen molar-refractivity contribution in [2.45, 2.75) is 18.9 Å². The number of benzene rings is 1. The molecule has 1 fully saturated rings. The maximum absolute atomic E-state index is 13.1. The van der Waals surface area contributed by atoms with Gasteiger partial charge in [0.1, 0.15) is 0 Å². The van der Waals surface area contributed by atoms with Crippen molar-refractivity contribution in [2.24, 2.45) is 0 Å². The van der Waals surface area contributed by atoms with E-state index in [-0.39, 0.29) is 17.3 Å². The third kappa shape index (κ3) is 3.20. The number of hydrogen-bond donors (Lipinski definition) is 2. The molecule has 1 aliphatic rings. The summed E-state index contributed by atoms with van der Waals surface area (Å²) in [5.41, 5.74) is 5.47. The number of nitrogen functional groups attached to an aromatic ring is 1. The van der Waals surface area contributed by atoms with Gasteiger partial charge in [-0.05, 0) is 32.5 Å². The van der Waals surface area contributed by atoms with Gasteiger partial charge in [-0.3, -0.25) is 4.79 Å². The lowest BCUT2D eigenvalue weighted by Crippen LogP contribution is -2.46. The fraction of sp³-hybridized carbons (Fsp3) is 0.462. The molecule has 1 amide bonds. The molecule has 104 valence electrons. The Labute approximate surface area is 110 Å². The summed E-state index contributed by atoms with van der Waals surface area (Å²) in [5.74, 6) is -2.58. The summed E-state index contributed by atoms with van der Waals surface area (Å²) in [6.07, 6.45) is 1.87. The first kappa shape index (κ1) is 13.7. The first-order chi connectivity index (χ1) is 8.97. The lowest BCUT2D eigenvalue weighted by atomic mass is 10.1. The van der Waals surface area contributed by atoms with E-state index in [1.165, 1.54) is 0 Å². The molecule has 0 radical (unpaired) electrons. The van der Waals surface area contributed by atoms with Crippen molar-refractivity contribution in [1.82, 2.24) is 10.2 Å². The first-order valence-electron chi connectivity index (χ1n) is 6.21. The molecule has 0 bridgehead atoms. The Morgan fingerprint density at radius 2 is 2.11 bits per heavy atom. The Balaban J connectivity index is 2.09. The quantitative estimate of drug-likeness (QED) is 0.797. The maximum Gasteiger partial charge on any atom is 0.253 e. The molecule has 0 spiro atoms. The van der Waals surface area contributed by atoms with Crippen molar-refractivity contribution in [1.29, 1.82) is 0 Å². The summed E-state index contributed by atoms with van der Waals surface area (Å²) < 4.78 is 26.1. The second-order valence-corrected chi connectivity index (χ2v) is 4.93. The van der Waals surface area contributed by atoms with Crippen molar-refractivity contribution >= 4 is 11.6 Å². The Hall–Kier alpha value is -1.69. The third-order valence-corrected chi connectivity index (χ3v) is 3.30. The molecule has 4 nitrogen and oxygen atoms in total. The van der Waals surface area contributed by atoms with Crippen LogP contribution in [0.5, 0.6) is 0 Å². The summed E-state index contributed by atoms with van der Waals surface area (Å²) in [6.45, 7) is 1.75. The number of halogens is 2. The molecule has 0 aliphatic carbocycles. The zero-order valence-electron chi connectivity index (χ0n) is 10.7. The van der Waals surface area contributed by atoms with E-state index in [4.69, 9.17) is 5.73 Å². The number of anilines is 1. The van der Waals surface area contributed by atoms with Gasteiger partial charge in [-0.2, -0.15) is 0 Å². The van der Waals surface area contributed by atoms with Crippen LogP contribution < -0.4 is 11.1 Å². The van der Waals surface area contributed by atoms with Crippen LogP contribution in [-0.4, -0.2) is 37.0 Å². The Morgan fingerprint density at radius 1 is 1.42 bits per heavy atom. The number of amides is 1. The van der Waals surface area contributed by atoms with E-state index in [0.29, 0.717) is 0 Å². The fourth-order valence-corrected chi connectivity index (χ4v) is 2.31. The average molecular weight is 269 g/mol. The fourth-order valence-electron chi connectivity index (χ4n) is 2.31. The standard InChI is InChI=1S/C13H17F2N3O/c1-18-4-2-3-8(7-18)17-13(19)9-5-10(14)11(15)6-12(9)16/h5-6,8H,2-4,7,16H2,1H3,(H,17,19). The smallest absolute Gasteiger partial charge is 0.253 e. The van der Waals surface area contributed by atoms with Crippen LogP contribution in [0.15, 0.2) is 12.1 Å². The number of likely N-dealkylation sites (tertiary alicyclic amines) is 1. The monoisotopic (exact) mass is 269 g/mol. The zero-order chi connectivity index (χ0) is 14.0. The summed E-state index contributed by atoms with van der Waals surface area (Å²) in [5, 5.41) is 2.80. The molecule has 0 saturated carbocycles. The number of carbonyl (C=O) groups excluding carboxylic acids is 1. The van der Waals surface area contributed by atoms with E-state index >= 15 is 0 Å². The van der Waals surface area contributed by atoms with Gasteiger partial charge in [0.15, 0.2) is 11.6 Å². The molecule has 1 aromatic rings. The van der Waals surface area contributed by atoms with E-state index in [1.54, 1.807) is 0 Å². The van der Waals surface area contributed by atoms with Crippen LogP contribution in [0.25, 0.3) is 0 Å². The van der Waals surface area contributed by atoms with Crippen LogP contribution in [0.1, 0.15) is 23.2 Å². The van der Waals surface area contributed by atoms with Gasteiger partial charge in [0, 0.05) is 24.3 Å². The number of nitrogens with zero attached hydrogens (tertiary/aromatic N) is 1. The molecule has 1 atom stereocenters. The second-order valence-electron chi connectivity index (χ2n) is 4.93. The largest absolute Gasteiger partial charge is 0.398 e. The van der Waals surface area contributed by atoms with Crippen molar-refractivity contribution < 1.29 is 13.6 Å². The molecule has 1 aromatic carbocycles. The molecular formula is C13H17F2N3O. The predicted octanol–water partition coefficient (Wildman–Crippen LogP) is 1.37. The van der Waals surface area contributed by atoms with Crippen LogP contribution >= 0.6 is 0 Å². The van der Waals surface area contributed by atoms with Crippen molar-refractivity contribution in [2.75, 3.05) is 25.9 Å². The number of rotatable bonds is 2. The van der Waals surface area contributed by atoms with Gasteiger partial charge in [0.2, 0.25) is 0 Å². The zero-order valence-corrected chi connectivity index (χ0v) is 10.7. The average Bonchev–Trinajstić information content (AvgIpc) is 2.33. The highest BCUT2D eigenvalue weighted by molar-refractivity contribution is 5.99. The van der Waals surface area contributed by atoms with E-state index in [1.807, 2.05) is 7.05 Å². The van der Waals surface area contributed by atoms with Crippen LogP contribution in [-0.2, 0) is 0 Å². The van der Waals surface area contributed by atoms with Gasteiger partial charge in [0.05, 0.1) is 5.56 Å². The molecular weight excluding hydrogens is 252 g/mol. The second kappa shape index (κ2) is 5.52. The SMILES string of the molecule is CN1CCCC(NC(=O)c2cc(F)c(F)cc2N)C1. The van der Waals surface area contributed by atoms with Crippen LogP contribution in [0.2, 0.25) is 0 Å². The summed E-state index contributed by atoms with van der Waals surface area (Å²) in [7, 11) is 1.98. The molecule has 0 aromatic heterocycles. The first-order valence-corrected chi connectivity index (χ1v) is 6.21. The lowest BCUT2D eigenvalue weighted by molar-refractivity contribution is 0.0913. The third-order valence-electron chi connectivity index (χ3n) is 3.30. The molecule has 1 saturated heterocycles. The highest BCUT2D eigenvalue weighted by Gasteiger charge is 2.21. The van der Waals surface area contributed by atoms with Crippen molar-refractivity contribution in [3.05, 3.63) is 29.3 Å². The maximum atomic E-state index is 13.1. The number of nitrogens with two attached hydrogens (primary N) is 1. The van der Waals surface area contributed by atoms with Crippen LogP contribution in [0.3, 0.4) is 0 Å². The number of piperidine rings is 1. The lowest BCUT2D eigenvalue weighted by Gasteiger charge is -2.30. The van der Waals surface area contributed by atoms with E-state index < -0.39 is 17.5 Å². The number of likely N-dealkylation sites (N-methyl/N-ethyl adjacent to an activating group) is 1. The molecule has 1 aliphatic heterocycles. The predicted molar refractivity (Wildman–Crippen MR) is 68.8 cm³/mol. The minimum atomic E-state index is -1.07. The summed E-state index contributed by atoms with van der Waals surface area (Å²) in [6, 6.07) is 1.68. The molecule has 1 unspecified atom stereocenters. The summed E-state index contributed by atoms with van der Waals surface area (Å²) in [4.78, 5) is 14.1. The van der Waals surface area contributed by atoms with E-state index in [0.717, 1.165) is 38.1 Å². The molecule has 19 heavy (non-hydrogen) atoms. The van der Waals surface area contributed by atoms with Gasteiger partial charge in [-0.1, -0.05) is 0 Å². The normalized spacial score (nSPS) is 20.3. The van der Waals surface area contributed by atoms with Crippen molar-refractivity contribution in [3.63, 3.8) is 0 Å². The Bertz CT molecular complexity index is 493. The minimum Gasteiger partial charge on any atom is -0.398 e. The molecule has 2 rings (SSSR count). The molecule has 3 N–H and O–H groups in total. The van der Waals surface area contributed by atoms with Gasteiger partial charge in [0.25, 0.3) is 5.91 Å². The number of nitrogens with one attached hydrogen (secondary N) is 1. The highest BCUT2D eigenvalue weighted by Crippen LogP contribution is 2.18.